The first kappa shape index (κ1) is 12.7. The average Bonchev–Trinajstić information content (AvgIpc) is 3.08. The van der Waals surface area contributed by atoms with Gasteiger partial charge in [0.15, 0.2) is 0 Å². The van der Waals surface area contributed by atoms with E-state index in [1.165, 1.54) is 6.07 Å². The Bertz CT molecular complexity index is 467. The number of halogens is 3. The van der Waals surface area contributed by atoms with Crippen LogP contribution in [0.4, 0.5) is 18.9 Å². The molecule has 1 aromatic carbocycles. The summed E-state index contributed by atoms with van der Waals surface area (Å²) in [5, 5.41) is 11.8. The molecule has 2 N–H and O–H groups in total. The quantitative estimate of drug-likeness (QED) is 0.872. The number of carboxylic acid groups (broad SMARTS) is 1. The van der Waals surface area contributed by atoms with E-state index < -0.39 is 23.3 Å². The molecule has 0 radical (unpaired) electrons. The van der Waals surface area contributed by atoms with Crippen molar-refractivity contribution in [2.45, 2.75) is 19.0 Å². The third-order valence-corrected chi connectivity index (χ3v) is 2.85. The smallest absolute Gasteiger partial charge is 0.417 e. The van der Waals surface area contributed by atoms with Crippen molar-refractivity contribution < 1.29 is 23.1 Å². The van der Waals surface area contributed by atoms with E-state index in [9.17, 15) is 18.0 Å². The number of alkyl halides is 3. The molecule has 2 rings (SSSR count). The van der Waals surface area contributed by atoms with Crippen molar-refractivity contribution in [1.82, 2.24) is 0 Å². The molecule has 0 aromatic heterocycles. The van der Waals surface area contributed by atoms with E-state index in [1.54, 1.807) is 0 Å². The minimum absolute atomic E-state index is 0.410. The van der Waals surface area contributed by atoms with Gasteiger partial charge in [0, 0.05) is 12.2 Å². The average molecular weight is 259 g/mol. The van der Waals surface area contributed by atoms with E-state index in [0.717, 1.165) is 25.0 Å². The second kappa shape index (κ2) is 4.51. The van der Waals surface area contributed by atoms with Gasteiger partial charge in [-0.3, -0.25) is 0 Å². The lowest BCUT2D eigenvalue weighted by atomic mass is 10.1. The van der Waals surface area contributed by atoms with Crippen molar-refractivity contribution in [3.05, 3.63) is 29.3 Å². The predicted molar refractivity (Wildman–Crippen MR) is 59.6 cm³/mol. The predicted octanol–water partition coefficient (Wildman–Crippen LogP) is 3.23. The van der Waals surface area contributed by atoms with Crippen molar-refractivity contribution in [2.75, 3.05) is 11.9 Å². The Morgan fingerprint density at radius 1 is 1.39 bits per heavy atom. The summed E-state index contributed by atoms with van der Waals surface area (Å²) in [6, 6.07) is 3.10. The van der Waals surface area contributed by atoms with Crippen LogP contribution in [0.5, 0.6) is 0 Å². The molecule has 0 spiro atoms. The topological polar surface area (TPSA) is 49.3 Å². The summed E-state index contributed by atoms with van der Waals surface area (Å²) in [6.07, 6.45) is -2.43. The fourth-order valence-corrected chi connectivity index (χ4v) is 1.66. The number of carbonyl (C=O) groups is 1. The van der Waals surface area contributed by atoms with Gasteiger partial charge in [-0.15, -0.1) is 0 Å². The highest BCUT2D eigenvalue weighted by Crippen LogP contribution is 2.34. The fourth-order valence-electron chi connectivity index (χ4n) is 1.66. The third kappa shape index (κ3) is 2.94. The molecular formula is C12H12F3NO2. The van der Waals surface area contributed by atoms with Crippen LogP contribution >= 0.6 is 0 Å². The van der Waals surface area contributed by atoms with Gasteiger partial charge < -0.3 is 10.4 Å². The summed E-state index contributed by atoms with van der Waals surface area (Å²) in [5.74, 6) is -1.02. The van der Waals surface area contributed by atoms with E-state index >= 15 is 0 Å². The van der Waals surface area contributed by atoms with Crippen LogP contribution in [0.3, 0.4) is 0 Å². The van der Waals surface area contributed by atoms with E-state index in [-0.39, 0.29) is 0 Å². The number of aromatic carboxylic acids is 1. The Balaban J connectivity index is 2.24. The maximum atomic E-state index is 12.6. The fraction of sp³-hybridized carbons (Fsp3) is 0.417. The van der Waals surface area contributed by atoms with Crippen molar-refractivity contribution >= 4 is 11.7 Å². The molecular weight excluding hydrogens is 247 g/mol. The highest BCUT2D eigenvalue weighted by Gasteiger charge is 2.35. The molecule has 18 heavy (non-hydrogen) atoms. The molecule has 0 saturated heterocycles. The lowest BCUT2D eigenvalue weighted by Gasteiger charge is -2.12. The first-order valence-corrected chi connectivity index (χ1v) is 5.56. The van der Waals surface area contributed by atoms with Gasteiger partial charge in [0.1, 0.15) is 0 Å². The van der Waals surface area contributed by atoms with Crippen LogP contribution in [0.25, 0.3) is 0 Å². The molecule has 1 aliphatic carbocycles. The standard InChI is InChI=1S/C12H12F3NO2/c13-12(14,15)10-4-3-8(5-9(10)11(17)18)16-6-7-1-2-7/h3-5,7,16H,1-2,6H2,(H,17,18). The zero-order valence-corrected chi connectivity index (χ0v) is 9.42. The Morgan fingerprint density at radius 3 is 2.56 bits per heavy atom. The third-order valence-electron chi connectivity index (χ3n) is 2.85. The summed E-state index contributed by atoms with van der Waals surface area (Å²) < 4.78 is 37.7. The zero-order valence-electron chi connectivity index (χ0n) is 9.42. The van der Waals surface area contributed by atoms with Crippen molar-refractivity contribution in [2.24, 2.45) is 5.92 Å². The van der Waals surface area contributed by atoms with Crippen LogP contribution < -0.4 is 5.32 Å². The molecule has 0 bridgehead atoms. The van der Waals surface area contributed by atoms with Crippen LogP contribution in [-0.2, 0) is 6.18 Å². The molecule has 1 saturated carbocycles. The van der Waals surface area contributed by atoms with E-state index in [1.807, 2.05) is 0 Å². The van der Waals surface area contributed by atoms with Crippen LogP contribution in [0.15, 0.2) is 18.2 Å². The SMILES string of the molecule is O=C(O)c1cc(NCC2CC2)ccc1C(F)(F)F. The number of hydrogen-bond donors (Lipinski definition) is 2. The summed E-state index contributed by atoms with van der Waals surface area (Å²) in [5.41, 5.74) is -1.43. The number of hydrogen-bond acceptors (Lipinski definition) is 2. The molecule has 0 amide bonds. The highest BCUT2D eigenvalue weighted by atomic mass is 19.4. The van der Waals surface area contributed by atoms with Crippen molar-refractivity contribution in [3.8, 4) is 0 Å². The lowest BCUT2D eigenvalue weighted by Crippen LogP contribution is -2.14. The summed E-state index contributed by atoms with van der Waals surface area (Å²) >= 11 is 0. The Morgan fingerprint density at radius 2 is 2.06 bits per heavy atom. The molecule has 6 heteroatoms. The highest BCUT2D eigenvalue weighted by molar-refractivity contribution is 5.91. The maximum Gasteiger partial charge on any atom is 0.417 e. The van der Waals surface area contributed by atoms with E-state index in [0.29, 0.717) is 18.2 Å². The van der Waals surface area contributed by atoms with Crippen LogP contribution in [0.1, 0.15) is 28.8 Å². The van der Waals surface area contributed by atoms with Gasteiger partial charge in [0.25, 0.3) is 0 Å². The minimum atomic E-state index is -4.65. The van der Waals surface area contributed by atoms with Gasteiger partial charge in [-0.05, 0) is 37.0 Å². The van der Waals surface area contributed by atoms with Gasteiger partial charge >= 0.3 is 12.1 Å². The second-order valence-electron chi connectivity index (χ2n) is 4.39. The monoisotopic (exact) mass is 259 g/mol. The van der Waals surface area contributed by atoms with Crippen molar-refractivity contribution in [1.29, 1.82) is 0 Å². The Labute approximate surface area is 102 Å². The summed E-state index contributed by atoms with van der Waals surface area (Å²) in [4.78, 5) is 10.8. The van der Waals surface area contributed by atoms with Gasteiger partial charge in [-0.25, -0.2) is 4.79 Å². The van der Waals surface area contributed by atoms with Crippen LogP contribution in [0, 0.1) is 5.92 Å². The largest absolute Gasteiger partial charge is 0.478 e. The molecule has 0 aliphatic heterocycles. The van der Waals surface area contributed by atoms with E-state index in [2.05, 4.69) is 5.32 Å². The van der Waals surface area contributed by atoms with E-state index in [4.69, 9.17) is 5.11 Å². The molecule has 1 aromatic rings. The lowest BCUT2D eigenvalue weighted by molar-refractivity contribution is -0.138. The molecule has 0 heterocycles. The molecule has 1 aliphatic rings. The summed E-state index contributed by atoms with van der Waals surface area (Å²) in [7, 11) is 0. The van der Waals surface area contributed by atoms with Crippen molar-refractivity contribution in [3.63, 3.8) is 0 Å². The summed E-state index contributed by atoms with van der Waals surface area (Å²) in [6.45, 7) is 0.671. The zero-order chi connectivity index (χ0) is 13.3. The molecule has 1 fully saturated rings. The van der Waals surface area contributed by atoms with Gasteiger partial charge in [0.05, 0.1) is 11.1 Å². The number of benzene rings is 1. The molecule has 0 unspecified atom stereocenters. The van der Waals surface area contributed by atoms with Crippen LogP contribution in [-0.4, -0.2) is 17.6 Å². The molecule has 98 valence electrons. The molecule has 3 nitrogen and oxygen atoms in total. The van der Waals surface area contributed by atoms with Gasteiger partial charge in [-0.1, -0.05) is 0 Å². The second-order valence-corrected chi connectivity index (χ2v) is 4.39. The number of nitrogens with one attached hydrogen (secondary N) is 1. The maximum absolute atomic E-state index is 12.6. The normalized spacial score (nSPS) is 15.5. The number of carboxylic acids is 1. The number of rotatable bonds is 4. The van der Waals surface area contributed by atoms with Gasteiger partial charge in [0.2, 0.25) is 0 Å². The minimum Gasteiger partial charge on any atom is -0.478 e. The Kier molecular flexibility index (Phi) is 3.19. The Hall–Kier alpha value is -1.72. The van der Waals surface area contributed by atoms with Gasteiger partial charge in [-0.2, -0.15) is 13.2 Å². The van der Waals surface area contributed by atoms with Crippen LogP contribution in [0.2, 0.25) is 0 Å². The molecule has 0 atom stereocenters. The first-order valence-electron chi connectivity index (χ1n) is 5.56. The first-order chi connectivity index (χ1) is 8.38. The number of anilines is 1.